The highest BCUT2D eigenvalue weighted by molar-refractivity contribution is 5.49. The average molecular weight is 245 g/mol. The van der Waals surface area contributed by atoms with E-state index in [-0.39, 0.29) is 0 Å². The van der Waals surface area contributed by atoms with Crippen LogP contribution in [0.2, 0.25) is 0 Å². The van der Waals surface area contributed by atoms with Crippen LogP contribution in [0.5, 0.6) is 0 Å². The van der Waals surface area contributed by atoms with Gasteiger partial charge in [-0.3, -0.25) is 4.90 Å². The number of aromatic nitrogens is 1. The molecule has 0 spiro atoms. The number of hydrogen-bond donors (Lipinski definition) is 0. The van der Waals surface area contributed by atoms with Crippen LogP contribution in [0.25, 0.3) is 0 Å². The van der Waals surface area contributed by atoms with Crippen LogP contribution in [0.3, 0.4) is 0 Å². The highest BCUT2D eigenvalue weighted by atomic mass is 15.2. The molecule has 0 amide bonds. The highest BCUT2D eigenvalue weighted by Crippen LogP contribution is 2.35. The summed E-state index contributed by atoms with van der Waals surface area (Å²) in [5, 5.41) is 0. The molecule has 98 valence electrons. The smallest absolute Gasteiger partial charge is 0.133 e. The summed E-state index contributed by atoms with van der Waals surface area (Å²) in [6.45, 7) is 3.58. The minimum Gasteiger partial charge on any atom is -0.356 e. The number of piperidine rings is 1. The summed E-state index contributed by atoms with van der Waals surface area (Å²) in [4.78, 5) is 9.65. The molecule has 0 radical (unpaired) electrons. The zero-order valence-corrected chi connectivity index (χ0v) is 11.3. The van der Waals surface area contributed by atoms with Crippen molar-refractivity contribution < 1.29 is 0 Å². The first kappa shape index (κ1) is 12.0. The van der Waals surface area contributed by atoms with E-state index in [0.29, 0.717) is 6.04 Å². The molecule has 3 nitrogen and oxygen atoms in total. The normalized spacial score (nSPS) is 25.6. The molecular weight excluding hydrogens is 222 g/mol. The number of anilines is 1. The van der Waals surface area contributed by atoms with Crippen molar-refractivity contribution in [3.05, 3.63) is 23.9 Å². The summed E-state index contributed by atoms with van der Waals surface area (Å²) >= 11 is 0. The standard InChI is InChI=1S/C15H23N3/c1-17-10-6-8-14(17)13-7-5-9-16-15(13)18-11-3-2-4-12-18/h5,7,9,14H,2-4,6,8,10-12H2,1H3/t14-/m0/s1. The molecule has 1 atom stereocenters. The Bertz CT molecular complexity index is 398. The lowest BCUT2D eigenvalue weighted by molar-refractivity contribution is 0.317. The fraction of sp³-hybridized carbons (Fsp3) is 0.667. The Balaban J connectivity index is 1.89. The minimum atomic E-state index is 0.579. The van der Waals surface area contributed by atoms with Crippen LogP contribution in [0, 0.1) is 0 Å². The molecule has 3 heteroatoms. The molecule has 3 heterocycles. The van der Waals surface area contributed by atoms with Crippen molar-refractivity contribution >= 4 is 5.82 Å². The fourth-order valence-corrected chi connectivity index (χ4v) is 3.34. The largest absolute Gasteiger partial charge is 0.356 e. The maximum Gasteiger partial charge on any atom is 0.133 e. The molecule has 0 saturated carbocycles. The summed E-state index contributed by atoms with van der Waals surface area (Å²) in [7, 11) is 2.24. The number of pyridine rings is 1. The van der Waals surface area contributed by atoms with Crippen molar-refractivity contribution in [1.29, 1.82) is 0 Å². The Morgan fingerprint density at radius 1 is 1.11 bits per heavy atom. The maximum absolute atomic E-state index is 4.68. The SMILES string of the molecule is CN1CCC[C@H]1c1cccnc1N1CCCCC1. The van der Waals surface area contributed by atoms with Gasteiger partial charge in [-0.1, -0.05) is 6.07 Å². The molecule has 2 fully saturated rings. The zero-order chi connectivity index (χ0) is 12.4. The second-order valence-electron chi connectivity index (χ2n) is 5.60. The zero-order valence-electron chi connectivity index (χ0n) is 11.3. The molecule has 1 aromatic rings. The first-order valence-electron chi connectivity index (χ1n) is 7.26. The van der Waals surface area contributed by atoms with E-state index >= 15 is 0 Å². The average Bonchev–Trinajstić information content (AvgIpc) is 2.86. The number of rotatable bonds is 2. The van der Waals surface area contributed by atoms with Crippen molar-refractivity contribution in [3.8, 4) is 0 Å². The molecule has 0 bridgehead atoms. The highest BCUT2D eigenvalue weighted by Gasteiger charge is 2.27. The predicted molar refractivity (Wildman–Crippen MR) is 74.9 cm³/mol. The van der Waals surface area contributed by atoms with E-state index in [1.165, 1.54) is 63.1 Å². The van der Waals surface area contributed by atoms with Crippen molar-refractivity contribution in [1.82, 2.24) is 9.88 Å². The molecule has 0 aromatic carbocycles. The Morgan fingerprint density at radius 3 is 2.67 bits per heavy atom. The van der Waals surface area contributed by atoms with Crippen molar-refractivity contribution in [3.63, 3.8) is 0 Å². The summed E-state index contributed by atoms with van der Waals surface area (Å²) < 4.78 is 0. The minimum absolute atomic E-state index is 0.579. The van der Waals surface area contributed by atoms with Crippen LogP contribution in [0.1, 0.15) is 43.7 Å². The quantitative estimate of drug-likeness (QED) is 0.798. The van der Waals surface area contributed by atoms with Crippen molar-refractivity contribution in [2.75, 3.05) is 31.6 Å². The molecule has 0 N–H and O–H groups in total. The molecule has 2 aliphatic heterocycles. The lowest BCUT2D eigenvalue weighted by atomic mass is 10.0. The predicted octanol–water partition coefficient (Wildman–Crippen LogP) is 2.84. The van der Waals surface area contributed by atoms with Gasteiger partial charge < -0.3 is 4.90 Å². The Kier molecular flexibility index (Phi) is 3.50. The Morgan fingerprint density at radius 2 is 1.94 bits per heavy atom. The van der Waals surface area contributed by atoms with Crippen LogP contribution in [-0.2, 0) is 0 Å². The third-order valence-corrected chi connectivity index (χ3v) is 4.35. The van der Waals surface area contributed by atoms with Crippen LogP contribution in [0.15, 0.2) is 18.3 Å². The van der Waals surface area contributed by atoms with Gasteiger partial charge >= 0.3 is 0 Å². The van der Waals surface area contributed by atoms with Crippen LogP contribution in [0.4, 0.5) is 5.82 Å². The summed E-state index contributed by atoms with van der Waals surface area (Å²) in [5.41, 5.74) is 1.44. The Labute approximate surface area is 110 Å². The maximum atomic E-state index is 4.68. The van der Waals surface area contributed by atoms with Crippen LogP contribution < -0.4 is 4.90 Å². The van der Waals surface area contributed by atoms with Gasteiger partial charge in [0.25, 0.3) is 0 Å². The van der Waals surface area contributed by atoms with E-state index < -0.39 is 0 Å². The van der Waals surface area contributed by atoms with Crippen LogP contribution in [-0.4, -0.2) is 36.6 Å². The van der Waals surface area contributed by atoms with E-state index in [1.807, 2.05) is 6.20 Å². The van der Waals surface area contributed by atoms with Gasteiger partial charge in [0.05, 0.1) is 0 Å². The number of nitrogens with zero attached hydrogens (tertiary/aromatic N) is 3. The van der Waals surface area contributed by atoms with Crippen molar-refractivity contribution in [2.24, 2.45) is 0 Å². The first-order valence-corrected chi connectivity index (χ1v) is 7.26. The summed E-state index contributed by atoms with van der Waals surface area (Å²) in [6.07, 6.45) is 8.55. The molecular formula is C15H23N3. The molecule has 2 aliphatic rings. The van der Waals surface area contributed by atoms with Gasteiger partial charge in [0, 0.05) is 30.9 Å². The monoisotopic (exact) mass is 245 g/mol. The lowest BCUT2D eigenvalue weighted by Crippen LogP contribution is -2.32. The van der Waals surface area contributed by atoms with Gasteiger partial charge in [-0.25, -0.2) is 4.98 Å². The second-order valence-corrected chi connectivity index (χ2v) is 5.60. The van der Waals surface area contributed by atoms with Gasteiger partial charge in [0.1, 0.15) is 5.82 Å². The van der Waals surface area contributed by atoms with E-state index in [9.17, 15) is 0 Å². The van der Waals surface area contributed by atoms with Gasteiger partial charge in [0.15, 0.2) is 0 Å². The lowest BCUT2D eigenvalue weighted by Gasteiger charge is -2.31. The molecule has 18 heavy (non-hydrogen) atoms. The van der Waals surface area contributed by atoms with Crippen LogP contribution >= 0.6 is 0 Å². The third kappa shape index (κ3) is 2.24. The molecule has 2 saturated heterocycles. The van der Waals surface area contributed by atoms with Gasteiger partial charge in [-0.05, 0) is 51.8 Å². The summed E-state index contributed by atoms with van der Waals surface area (Å²) in [5.74, 6) is 1.25. The van der Waals surface area contributed by atoms with E-state index in [4.69, 9.17) is 0 Å². The second kappa shape index (κ2) is 5.27. The summed E-state index contributed by atoms with van der Waals surface area (Å²) in [6, 6.07) is 4.95. The van der Waals surface area contributed by atoms with E-state index in [1.54, 1.807) is 0 Å². The van der Waals surface area contributed by atoms with Gasteiger partial charge in [-0.2, -0.15) is 0 Å². The fourth-order valence-electron chi connectivity index (χ4n) is 3.34. The van der Waals surface area contributed by atoms with E-state index in [2.05, 4.69) is 34.0 Å². The number of hydrogen-bond acceptors (Lipinski definition) is 3. The Hall–Kier alpha value is -1.09. The molecule has 0 unspecified atom stereocenters. The van der Waals surface area contributed by atoms with Crippen molar-refractivity contribution in [2.45, 2.75) is 38.1 Å². The first-order chi connectivity index (χ1) is 8.86. The van der Waals surface area contributed by atoms with Gasteiger partial charge in [0.2, 0.25) is 0 Å². The molecule has 0 aliphatic carbocycles. The van der Waals surface area contributed by atoms with Gasteiger partial charge in [-0.15, -0.1) is 0 Å². The third-order valence-electron chi connectivity index (χ3n) is 4.35. The topological polar surface area (TPSA) is 19.4 Å². The number of likely N-dealkylation sites (tertiary alicyclic amines) is 1. The van der Waals surface area contributed by atoms with E-state index in [0.717, 1.165) is 0 Å². The molecule has 1 aromatic heterocycles. The molecule has 3 rings (SSSR count).